The van der Waals surface area contributed by atoms with Gasteiger partial charge in [-0.05, 0) is 13.0 Å². The van der Waals surface area contributed by atoms with E-state index in [1.54, 1.807) is 32.0 Å². The summed E-state index contributed by atoms with van der Waals surface area (Å²) in [6.45, 7) is 3.41. The van der Waals surface area contributed by atoms with Crippen molar-refractivity contribution in [3.8, 4) is 0 Å². The number of hydrogen-bond donors (Lipinski definition) is 1. The van der Waals surface area contributed by atoms with Crippen molar-refractivity contribution in [3.05, 3.63) is 33.9 Å². The quantitative estimate of drug-likeness (QED) is 0.497. The Balaban J connectivity index is 2.94. The van der Waals surface area contributed by atoms with Gasteiger partial charge >= 0.3 is 5.97 Å². The maximum atomic E-state index is 10.9. The second-order valence-corrected chi connectivity index (χ2v) is 5.19. The van der Waals surface area contributed by atoms with Crippen LogP contribution in [-0.4, -0.2) is 21.2 Å². The van der Waals surface area contributed by atoms with Gasteiger partial charge in [-0.25, -0.2) is 0 Å². The van der Waals surface area contributed by atoms with Gasteiger partial charge in [-0.3, -0.25) is 14.9 Å². The van der Waals surface area contributed by atoms with E-state index >= 15 is 0 Å². The topological polar surface area (TPSA) is 80.4 Å². The molecule has 0 spiro atoms. The lowest BCUT2D eigenvalue weighted by Gasteiger charge is -2.09. The van der Waals surface area contributed by atoms with Gasteiger partial charge in [0.15, 0.2) is 0 Å². The summed E-state index contributed by atoms with van der Waals surface area (Å²) in [5.41, 5.74) is 0.650. The lowest BCUT2D eigenvalue weighted by atomic mass is 10.2. The molecule has 1 rings (SSSR count). The molecule has 0 heterocycles. The highest BCUT2D eigenvalue weighted by atomic mass is 32.2. The summed E-state index contributed by atoms with van der Waals surface area (Å²) >= 11 is 1.22. The van der Waals surface area contributed by atoms with E-state index in [1.807, 2.05) is 0 Å². The van der Waals surface area contributed by atoms with E-state index in [9.17, 15) is 14.9 Å². The maximum Gasteiger partial charge on any atom is 0.304 e. The zero-order valence-electron chi connectivity index (χ0n) is 9.54. The number of carboxylic acids is 1. The van der Waals surface area contributed by atoms with Crippen LogP contribution in [0.25, 0.3) is 0 Å². The lowest BCUT2D eigenvalue weighted by molar-refractivity contribution is -0.388. The van der Waals surface area contributed by atoms with E-state index in [2.05, 4.69) is 0 Å². The predicted molar refractivity (Wildman–Crippen MR) is 65.4 cm³/mol. The molecule has 1 aromatic rings. The number of nitro groups is 1. The molecule has 1 unspecified atom stereocenters. The Morgan fingerprint density at radius 1 is 1.59 bits per heavy atom. The minimum Gasteiger partial charge on any atom is -0.481 e. The fourth-order valence-electron chi connectivity index (χ4n) is 1.47. The number of benzene rings is 1. The van der Waals surface area contributed by atoms with Crippen molar-refractivity contribution in [1.82, 2.24) is 0 Å². The molecule has 1 atom stereocenters. The summed E-state index contributed by atoms with van der Waals surface area (Å²) in [6.07, 6.45) is -0.0181. The van der Waals surface area contributed by atoms with Crippen LogP contribution in [0.4, 0.5) is 5.69 Å². The molecule has 0 amide bonds. The van der Waals surface area contributed by atoms with Gasteiger partial charge in [-0.1, -0.05) is 19.1 Å². The van der Waals surface area contributed by atoms with Gasteiger partial charge in [0.05, 0.1) is 16.2 Å². The molecule has 0 aromatic heterocycles. The van der Waals surface area contributed by atoms with Crippen molar-refractivity contribution in [2.75, 3.05) is 0 Å². The van der Waals surface area contributed by atoms with Crippen molar-refractivity contribution >= 4 is 23.4 Å². The first-order chi connectivity index (χ1) is 7.91. The molecule has 5 nitrogen and oxygen atoms in total. The third kappa shape index (κ3) is 3.74. The van der Waals surface area contributed by atoms with Gasteiger partial charge in [-0.2, -0.15) is 0 Å². The molecular formula is C11H13NO4S. The van der Waals surface area contributed by atoms with Crippen LogP contribution in [-0.2, 0) is 4.79 Å². The second kappa shape index (κ2) is 5.67. The molecule has 0 saturated heterocycles. The van der Waals surface area contributed by atoms with Crippen molar-refractivity contribution in [1.29, 1.82) is 0 Å². The van der Waals surface area contributed by atoms with Crippen LogP contribution in [0.2, 0.25) is 0 Å². The van der Waals surface area contributed by atoms with Crippen LogP contribution in [0.3, 0.4) is 0 Å². The van der Waals surface area contributed by atoms with Crippen LogP contribution in [0, 0.1) is 17.0 Å². The second-order valence-electron chi connectivity index (χ2n) is 3.71. The van der Waals surface area contributed by atoms with Crippen LogP contribution in [0.15, 0.2) is 23.1 Å². The molecule has 0 aliphatic rings. The highest BCUT2D eigenvalue weighted by Gasteiger charge is 2.20. The molecule has 0 fully saturated rings. The van der Waals surface area contributed by atoms with Crippen molar-refractivity contribution in [3.63, 3.8) is 0 Å². The third-order valence-corrected chi connectivity index (χ3v) is 3.33. The molecule has 1 aromatic carbocycles. The minimum atomic E-state index is -0.902. The van der Waals surface area contributed by atoms with E-state index in [1.165, 1.54) is 11.8 Å². The highest BCUT2D eigenvalue weighted by Crippen LogP contribution is 2.35. The van der Waals surface area contributed by atoms with Gasteiger partial charge in [0.2, 0.25) is 0 Å². The molecule has 0 saturated carbocycles. The zero-order chi connectivity index (χ0) is 13.0. The Hall–Kier alpha value is -1.56. The molecule has 17 heavy (non-hydrogen) atoms. The van der Waals surface area contributed by atoms with E-state index in [4.69, 9.17) is 5.11 Å². The lowest BCUT2D eigenvalue weighted by Crippen LogP contribution is -2.06. The summed E-state index contributed by atoms with van der Waals surface area (Å²) < 4.78 is 0. The van der Waals surface area contributed by atoms with E-state index < -0.39 is 10.9 Å². The van der Waals surface area contributed by atoms with Gasteiger partial charge in [0.1, 0.15) is 0 Å². The van der Waals surface area contributed by atoms with E-state index in [0.29, 0.717) is 10.5 Å². The van der Waals surface area contributed by atoms with Gasteiger partial charge in [0, 0.05) is 10.8 Å². The fourth-order valence-corrected chi connectivity index (χ4v) is 2.63. The number of carbonyl (C=O) groups is 1. The number of nitrogens with zero attached hydrogens (tertiary/aromatic N) is 1. The van der Waals surface area contributed by atoms with Gasteiger partial charge in [-0.15, -0.1) is 11.8 Å². The SMILES string of the molecule is Cc1cccc(SC(C)CC(=O)O)c1[N+](=O)[O-]. The van der Waals surface area contributed by atoms with E-state index in [0.717, 1.165) is 0 Å². The molecule has 0 aliphatic heterocycles. The van der Waals surface area contributed by atoms with Crippen molar-refractivity contribution in [2.24, 2.45) is 0 Å². The molecule has 1 N–H and O–H groups in total. The number of nitro benzene ring substituents is 1. The third-order valence-electron chi connectivity index (χ3n) is 2.17. The molecule has 0 aliphatic carbocycles. The average molecular weight is 255 g/mol. The Labute approximate surface area is 103 Å². The molecular weight excluding hydrogens is 242 g/mol. The van der Waals surface area contributed by atoms with Crippen LogP contribution in [0.1, 0.15) is 18.9 Å². The smallest absolute Gasteiger partial charge is 0.304 e. The monoisotopic (exact) mass is 255 g/mol. The highest BCUT2D eigenvalue weighted by molar-refractivity contribution is 8.00. The predicted octanol–water partition coefficient (Wildman–Crippen LogP) is 2.86. The number of thioether (sulfide) groups is 1. The van der Waals surface area contributed by atoms with Crippen molar-refractivity contribution < 1.29 is 14.8 Å². The number of aryl methyl sites for hydroxylation is 1. The number of rotatable bonds is 5. The number of carboxylic acid groups (broad SMARTS) is 1. The molecule has 0 bridgehead atoms. The van der Waals surface area contributed by atoms with Crippen LogP contribution in [0.5, 0.6) is 0 Å². The maximum absolute atomic E-state index is 10.9. The Bertz CT molecular complexity index is 447. The summed E-state index contributed by atoms with van der Waals surface area (Å²) in [6, 6.07) is 5.05. The van der Waals surface area contributed by atoms with E-state index in [-0.39, 0.29) is 17.4 Å². The number of hydrogen-bond acceptors (Lipinski definition) is 4. The van der Waals surface area contributed by atoms with Crippen LogP contribution < -0.4 is 0 Å². The normalized spacial score (nSPS) is 12.1. The summed E-state index contributed by atoms with van der Waals surface area (Å²) in [4.78, 5) is 21.6. The summed E-state index contributed by atoms with van der Waals surface area (Å²) in [7, 11) is 0. The first-order valence-electron chi connectivity index (χ1n) is 5.04. The number of para-hydroxylation sites is 1. The zero-order valence-corrected chi connectivity index (χ0v) is 10.4. The van der Waals surface area contributed by atoms with Gasteiger partial charge in [0.25, 0.3) is 5.69 Å². The summed E-state index contributed by atoms with van der Waals surface area (Å²) in [5.74, 6) is -0.902. The van der Waals surface area contributed by atoms with Crippen molar-refractivity contribution in [2.45, 2.75) is 30.4 Å². The Morgan fingerprint density at radius 2 is 2.24 bits per heavy atom. The Kier molecular flexibility index (Phi) is 4.51. The summed E-state index contributed by atoms with van der Waals surface area (Å²) in [5, 5.41) is 19.4. The molecule has 92 valence electrons. The number of aliphatic carboxylic acids is 1. The van der Waals surface area contributed by atoms with Gasteiger partial charge < -0.3 is 5.11 Å². The molecule has 6 heteroatoms. The fraction of sp³-hybridized carbons (Fsp3) is 0.364. The average Bonchev–Trinajstić information content (AvgIpc) is 2.15. The Morgan fingerprint density at radius 3 is 2.76 bits per heavy atom. The largest absolute Gasteiger partial charge is 0.481 e. The van der Waals surface area contributed by atoms with Crippen LogP contribution >= 0.6 is 11.8 Å². The standard InChI is InChI=1S/C11H13NO4S/c1-7-4-3-5-9(11(7)12(15)16)17-8(2)6-10(13)14/h3-5,8H,6H2,1-2H3,(H,13,14). The first-order valence-corrected chi connectivity index (χ1v) is 5.92. The first kappa shape index (κ1) is 13.5. The molecule has 0 radical (unpaired) electrons. The minimum absolute atomic E-state index is 0.0181.